The predicted molar refractivity (Wildman–Crippen MR) is 80.0 cm³/mol. The van der Waals surface area contributed by atoms with Gasteiger partial charge >= 0.3 is 6.18 Å². The first-order chi connectivity index (χ1) is 10.3. The van der Waals surface area contributed by atoms with Crippen molar-refractivity contribution in [2.24, 2.45) is 5.41 Å². The monoisotopic (exact) mass is 316 g/mol. The van der Waals surface area contributed by atoms with Crippen molar-refractivity contribution in [2.75, 3.05) is 39.8 Å². The standard InChI is InChI=1S/C16H23F3N2O/c1-15(7-8-20-11-15)12-21(2)9-10-22-14-5-3-13(4-6-14)16(17,18)19/h3-6,20H,7-12H2,1-2H3. The lowest BCUT2D eigenvalue weighted by molar-refractivity contribution is -0.137. The summed E-state index contributed by atoms with van der Waals surface area (Å²) in [5, 5.41) is 3.37. The smallest absolute Gasteiger partial charge is 0.416 e. The van der Waals surface area contributed by atoms with Crippen molar-refractivity contribution in [1.29, 1.82) is 0 Å². The Labute approximate surface area is 129 Å². The molecule has 1 aromatic carbocycles. The summed E-state index contributed by atoms with van der Waals surface area (Å²) in [4.78, 5) is 2.21. The van der Waals surface area contributed by atoms with Crippen LogP contribution < -0.4 is 10.1 Å². The van der Waals surface area contributed by atoms with Crippen molar-refractivity contribution in [3.05, 3.63) is 29.8 Å². The molecule has 1 fully saturated rings. The zero-order valence-corrected chi connectivity index (χ0v) is 13.0. The Balaban J connectivity index is 1.74. The van der Waals surface area contributed by atoms with E-state index in [2.05, 4.69) is 17.1 Å². The molecule has 1 heterocycles. The lowest BCUT2D eigenvalue weighted by atomic mass is 9.89. The van der Waals surface area contributed by atoms with Crippen LogP contribution in [-0.2, 0) is 6.18 Å². The van der Waals surface area contributed by atoms with E-state index in [1.165, 1.54) is 12.1 Å². The second kappa shape index (κ2) is 6.87. The second-order valence-corrected chi connectivity index (χ2v) is 6.35. The molecule has 1 saturated heterocycles. The van der Waals surface area contributed by atoms with Gasteiger partial charge in [0.2, 0.25) is 0 Å². The summed E-state index contributed by atoms with van der Waals surface area (Å²) in [5.41, 5.74) is -0.359. The molecule has 22 heavy (non-hydrogen) atoms. The van der Waals surface area contributed by atoms with Crippen molar-refractivity contribution in [2.45, 2.75) is 19.5 Å². The number of hydrogen-bond donors (Lipinski definition) is 1. The van der Waals surface area contributed by atoms with Gasteiger partial charge in [-0.05, 0) is 49.7 Å². The summed E-state index contributed by atoms with van der Waals surface area (Å²) < 4.78 is 42.9. The van der Waals surface area contributed by atoms with Gasteiger partial charge in [-0.15, -0.1) is 0 Å². The van der Waals surface area contributed by atoms with E-state index < -0.39 is 11.7 Å². The second-order valence-electron chi connectivity index (χ2n) is 6.35. The van der Waals surface area contributed by atoms with Crippen LogP contribution in [0.4, 0.5) is 13.2 Å². The van der Waals surface area contributed by atoms with Crippen LogP contribution in [0.1, 0.15) is 18.9 Å². The fourth-order valence-electron chi connectivity index (χ4n) is 2.79. The maximum Gasteiger partial charge on any atom is 0.416 e. The third-order valence-electron chi connectivity index (χ3n) is 4.03. The molecule has 1 aliphatic rings. The van der Waals surface area contributed by atoms with Crippen LogP contribution in [0.25, 0.3) is 0 Å². The van der Waals surface area contributed by atoms with Crippen LogP contribution in [-0.4, -0.2) is 44.7 Å². The molecule has 6 heteroatoms. The van der Waals surface area contributed by atoms with Gasteiger partial charge in [0, 0.05) is 19.6 Å². The predicted octanol–water partition coefficient (Wildman–Crippen LogP) is 3.02. The third kappa shape index (κ3) is 4.88. The molecule has 0 amide bonds. The van der Waals surface area contributed by atoms with Gasteiger partial charge < -0.3 is 15.0 Å². The third-order valence-corrected chi connectivity index (χ3v) is 4.03. The summed E-state index contributed by atoms with van der Waals surface area (Å²) in [6.07, 6.45) is -3.14. The number of likely N-dealkylation sites (N-methyl/N-ethyl adjacent to an activating group) is 1. The number of nitrogens with zero attached hydrogens (tertiary/aromatic N) is 1. The Morgan fingerprint density at radius 2 is 1.95 bits per heavy atom. The number of benzene rings is 1. The number of hydrogen-bond acceptors (Lipinski definition) is 3. The van der Waals surface area contributed by atoms with E-state index in [0.29, 0.717) is 17.8 Å². The highest BCUT2D eigenvalue weighted by atomic mass is 19.4. The molecule has 0 radical (unpaired) electrons. The molecule has 2 rings (SSSR count). The first-order valence-electron chi connectivity index (χ1n) is 7.48. The lowest BCUT2D eigenvalue weighted by Gasteiger charge is -2.29. The van der Waals surface area contributed by atoms with E-state index in [0.717, 1.165) is 44.7 Å². The van der Waals surface area contributed by atoms with Crippen molar-refractivity contribution < 1.29 is 17.9 Å². The minimum Gasteiger partial charge on any atom is -0.492 e. The van der Waals surface area contributed by atoms with E-state index in [9.17, 15) is 13.2 Å². The van der Waals surface area contributed by atoms with E-state index >= 15 is 0 Å². The Morgan fingerprint density at radius 3 is 2.50 bits per heavy atom. The average molecular weight is 316 g/mol. The summed E-state index contributed by atoms with van der Waals surface area (Å²) in [5.74, 6) is 0.468. The molecule has 0 spiro atoms. The van der Waals surface area contributed by atoms with Crippen LogP contribution in [0.15, 0.2) is 24.3 Å². The van der Waals surface area contributed by atoms with Crippen molar-refractivity contribution in [1.82, 2.24) is 10.2 Å². The highest BCUT2D eigenvalue weighted by molar-refractivity contribution is 5.28. The fraction of sp³-hybridized carbons (Fsp3) is 0.625. The number of nitrogens with one attached hydrogen (secondary N) is 1. The Hall–Kier alpha value is -1.27. The van der Waals surface area contributed by atoms with Crippen LogP contribution in [0.2, 0.25) is 0 Å². The highest BCUT2D eigenvalue weighted by Crippen LogP contribution is 2.30. The lowest BCUT2D eigenvalue weighted by Crippen LogP contribution is -2.37. The van der Waals surface area contributed by atoms with Gasteiger partial charge in [-0.1, -0.05) is 6.92 Å². The molecule has 1 atom stereocenters. The fourth-order valence-corrected chi connectivity index (χ4v) is 2.79. The molecule has 1 unspecified atom stereocenters. The normalized spacial score (nSPS) is 22.3. The summed E-state index contributed by atoms with van der Waals surface area (Å²) in [7, 11) is 2.04. The average Bonchev–Trinajstić information content (AvgIpc) is 2.84. The Morgan fingerprint density at radius 1 is 1.27 bits per heavy atom. The quantitative estimate of drug-likeness (QED) is 0.873. The van der Waals surface area contributed by atoms with Gasteiger partial charge in [-0.3, -0.25) is 0 Å². The molecule has 1 N–H and O–H groups in total. The van der Waals surface area contributed by atoms with E-state index in [4.69, 9.17) is 4.74 Å². The SMILES string of the molecule is CN(CCOc1ccc(C(F)(F)F)cc1)CC1(C)CCNC1. The minimum absolute atomic E-state index is 0.295. The van der Waals surface area contributed by atoms with Crippen LogP contribution in [0.3, 0.4) is 0 Å². The molecule has 0 aromatic heterocycles. The largest absolute Gasteiger partial charge is 0.492 e. The molecule has 1 aliphatic heterocycles. The first-order valence-corrected chi connectivity index (χ1v) is 7.48. The number of halogens is 3. The minimum atomic E-state index is -4.30. The van der Waals surface area contributed by atoms with Gasteiger partial charge in [0.1, 0.15) is 12.4 Å². The summed E-state index contributed by atoms with van der Waals surface area (Å²) in [6, 6.07) is 4.82. The Kier molecular flexibility index (Phi) is 5.34. The zero-order chi connectivity index (χ0) is 16.2. The first kappa shape index (κ1) is 17.1. The molecule has 1 aromatic rings. The molecule has 124 valence electrons. The van der Waals surface area contributed by atoms with Crippen molar-refractivity contribution in [3.8, 4) is 5.75 Å². The van der Waals surface area contributed by atoms with Gasteiger partial charge in [-0.2, -0.15) is 13.2 Å². The van der Waals surface area contributed by atoms with Gasteiger partial charge in [-0.25, -0.2) is 0 Å². The summed E-state index contributed by atoms with van der Waals surface area (Å²) >= 11 is 0. The molecular weight excluding hydrogens is 293 g/mol. The van der Waals surface area contributed by atoms with Crippen LogP contribution >= 0.6 is 0 Å². The van der Waals surface area contributed by atoms with Crippen molar-refractivity contribution >= 4 is 0 Å². The summed E-state index contributed by atoms with van der Waals surface area (Å²) in [6.45, 7) is 6.54. The maximum atomic E-state index is 12.5. The zero-order valence-electron chi connectivity index (χ0n) is 13.0. The topological polar surface area (TPSA) is 24.5 Å². The highest BCUT2D eigenvalue weighted by Gasteiger charge is 2.30. The number of alkyl halides is 3. The van der Waals surface area contributed by atoms with E-state index in [-0.39, 0.29) is 0 Å². The van der Waals surface area contributed by atoms with Crippen LogP contribution in [0, 0.1) is 5.41 Å². The Bertz CT molecular complexity index is 467. The molecule has 0 saturated carbocycles. The molecule has 0 aliphatic carbocycles. The maximum absolute atomic E-state index is 12.5. The van der Waals surface area contributed by atoms with Crippen molar-refractivity contribution in [3.63, 3.8) is 0 Å². The molecular formula is C16H23F3N2O. The number of rotatable bonds is 6. The van der Waals surface area contributed by atoms with E-state index in [1.54, 1.807) is 0 Å². The van der Waals surface area contributed by atoms with Gasteiger partial charge in [0.15, 0.2) is 0 Å². The number of ether oxygens (including phenoxy) is 1. The molecule has 3 nitrogen and oxygen atoms in total. The van der Waals surface area contributed by atoms with Gasteiger partial charge in [0.25, 0.3) is 0 Å². The molecule has 0 bridgehead atoms. The van der Waals surface area contributed by atoms with Gasteiger partial charge in [0.05, 0.1) is 5.56 Å². The van der Waals surface area contributed by atoms with Crippen LogP contribution in [0.5, 0.6) is 5.75 Å². The van der Waals surface area contributed by atoms with E-state index in [1.807, 2.05) is 7.05 Å².